The molecule has 1 fully saturated rings. The molecule has 1 N–H and O–H groups in total. The van der Waals surface area contributed by atoms with Gasteiger partial charge in [0.1, 0.15) is 0 Å². The molecule has 1 rings (SSSR count). The van der Waals surface area contributed by atoms with Gasteiger partial charge in [-0.15, -0.1) is 0 Å². The van der Waals surface area contributed by atoms with Crippen molar-refractivity contribution in [2.75, 3.05) is 26.7 Å². The third kappa shape index (κ3) is 6.88. The summed E-state index contributed by atoms with van der Waals surface area (Å²) in [5.74, 6) is 0.745. The first kappa shape index (κ1) is 14.8. The molecular formula is C12H23F3N2. The molecule has 0 aliphatic heterocycles. The van der Waals surface area contributed by atoms with Crippen molar-refractivity contribution < 1.29 is 13.2 Å². The Morgan fingerprint density at radius 2 is 2.00 bits per heavy atom. The van der Waals surface area contributed by atoms with Crippen molar-refractivity contribution in [1.82, 2.24) is 10.2 Å². The van der Waals surface area contributed by atoms with Crippen molar-refractivity contribution in [3.05, 3.63) is 0 Å². The molecule has 2 unspecified atom stereocenters. The highest BCUT2D eigenvalue weighted by atomic mass is 19.4. The highest BCUT2D eigenvalue weighted by Crippen LogP contribution is 2.23. The zero-order valence-corrected chi connectivity index (χ0v) is 10.7. The summed E-state index contributed by atoms with van der Waals surface area (Å²) in [5.41, 5.74) is 0. The highest BCUT2D eigenvalue weighted by Gasteiger charge is 2.28. The summed E-state index contributed by atoms with van der Waals surface area (Å²) in [6.07, 6.45) is 0.744. The van der Waals surface area contributed by atoms with Gasteiger partial charge in [-0.3, -0.25) is 4.90 Å². The quantitative estimate of drug-likeness (QED) is 0.809. The maximum Gasteiger partial charge on any atom is 0.401 e. The lowest BCUT2D eigenvalue weighted by molar-refractivity contribution is -0.142. The van der Waals surface area contributed by atoms with Crippen LogP contribution in [-0.4, -0.2) is 43.8 Å². The predicted octanol–water partition coefficient (Wildman–Crippen LogP) is 2.65. The number of hydrogen-bond acceptors (Lipinski definition) is 2. The normalized spacial score (nSPS) is 26.5. The minimum absolute atomic E-state index is 0.449. The summed E-state index contributed by atoms with van der Waals surface area (Å²) in [7, 11) is 1.51. The molecule has 0 bridgehead atoms. The molecule has 0 saturated heterocycles. The highest BCUT2D eigenvalue weighted by molar-refractivity contribution is 4.76. The summed E-state index contributed by atoms with van der Waals surface area (Å²) in [5, 5.41) is 3.36. The van der Waals surface area contributed by atoms with Gasteiger partial charge in [-0.2, -0.15) is 13.2 Å². The van der Waals surface area contributed by atoms with Crippen LogP contribution < -0.4 is 5.32 Å². The monoisotopic (exact) mass is 252 g/mol. The van der Waals surface area contributed by atoms with E-state index in [0.717, 1.165) is 18.8 Å². The molecule has 2 nitrogen and oxygen atoms in total. The van der Waals surface area contributed by atoms with E-state index >= 15 is 0 Å². The minimum Gasteiger partial charge on any atom is -0.313 e. The van der Waals surface area contributed by atoms with E-state index in [-0.39, 0.29) is 0 Å². The van der Waals surface area contributed by atoms with E-state index in [9.17, 15) is 13.2 Å². The van der Waals surface area contributed by atoms with Gasteiger partial charge in [0.15, 0.2) is 0 Å². The molecule has 102 valence electrons. The third-order valence-electron chi connectivity index (χ3n) is 3.31. The number of rotatable bonds is 5. The largest absolute Gasteiger partial charge is 0.401 e. The third-order valence-corrected chi connectivity index (χ3v) is 3.31. The summed E-state index contributed by atoms with van der Waals surface area (Å²) in [6.45, 7) is 2.51. The Kier molecular flexibility index (Phi) is 5.73. The maximum atomic E-state index is 12.1. The van der Waals surface area contributed by atoms with Crippen LogP contribution in [0.3, 0.4) is 0 Å². The molecule has 5 heteroatoms. The Balaban J connectivity index is 2.10. The zero-order chi connectivity index (χ0) is 12.9. The summed E-state index contributed by atoms with van der Waals surface area (Å²) in [4.78, 5) is 1.32. The molecule has 1 aliphatic carbocycles. The number of nitrogens with one attached hydrogen (secondary N) is 1. The van der Waals surface area contributed by atoms with E-state index in [1.807, 2.05) is 0 Å². The van der Waals surface area contributed by atoms with Gasteiger partial charge in [-0.05, 0) is 25.8 Å². The van der Waals surface area contributed by atoms with Crippen molar-refractivity contribution in [1.29, 1.82) is 0 Å². The van der Waals surface area contributed by atoms with Crippen molar-refractivity contribution >= 4 is 0 Å². The Morgan fingerprint density at radius 3 is 2.59 bits per heavy atom. The van der Waals surface area contributed by atoms with E-state index < -0.39 is 12.7 Å². The van der Waals surface area contributed by atoms with Crippen LogP contribution in [0, 0.1) is 5.92 Å². The number of nitrogens with zero attached hydrogens (tertiary/aromatic N) is 1. The minimum atomic E-state index is -4.09. The van der Waals surface area contributed by atoms with Crippen molar-refractivity contribution in [2.24, 2.45) is 5.92 Å². The van der Waals surface area contributed by atoms with Gasteiger partial charge in [0, 0.05) is 19.1 Å². The predicted molar refractivity (Wildman–Crippen MR) is 63.0 cm³/mol. The second kappa shape index (κ2) is 6.59. The number of alkyl halides is 3. The average molecular weight is 252 g/mol. The second-order valence-electron chi connectivity index (χ2n) is 5.28. The van der Waals surface area contributed by atoms with Gasteiger partial charge in [-0.25, -0.2) is 0 Å². The molecule has 0 aromatic heterocycles. The van der Waals surface area contributed by atoms with Gasteiger partial charge in [0.05, 0.1) is 6.54 Å². The Labute approximate surface area is 102 Å². The average Bonchev–Trinajstić information content (AvgIpc) is 2.14. The van der Waals surface area contributed by atoms with Crippen LogP contribution in [0.5, 0.6) is 0 Å². The lowest BCUT2D eigenvalue weighted by Crippen LogP contribution is -2.40. The zero-order valence-electron chi connectivity index (χ0n) is 10.7. The molecule has 2 atom stereocenters. The van der Waals surface area contributed by atoms with Crippen molar-refractivity contribution in [3.63, 3.8) is 0 Å². The van der Waals surface area contributed by atoms with Crippen LogP contribution in [-0.2, 0) is 0 Å². The van der Waals surface area contributed by atoms with Gasteiger partial charge >= 0.3 is 6.18 Å². The summed E-state index contributed by atoms with van der Waals surface area (Å²) >= 11 is 0. The van der Waals surface area contributed by atoms with Crippen LogP contribution >= 0.6 is 0 Å². The first-order valence-electron chi connectivity index (χ1n) is 6.35. The molecule has 1 aliphatic rings. The molecule has 1 saturated carbocycles. The van der Waals surface area contributed by atoms with E-state index in [0.29, 0.717) is 19.1 Å². The van der Waals surface area contributed by atoms with Gasteiger partial charge in [-0.1, -0.05) is 19.8 Å². The van der Waals surface area contributed by atoms with Crippen LogP contribution in [0.25, 0.3) is 0 Å². The molecule has 17 heavy (non-hydrogen) atoms. The van der Waals surface area contributed by atoms with Gasteiger partial charge in [0.25, 0.3) is 0 Å². The van der Waals surface area contributed by atoms with Crippen LogP contribution in [0.2, 0.25) is 0 Å². The molecule has 0 heterocycles. The van der Waals surface area contributed by atoms with Crippen molar-refractivity contribution in [3.8, 4) is 0 Å². The second-order valence-corrected chi connectivity index (χ2v) is 5.28. The first-order valence-corrected chi connectivity index (χ1v) is 6.35. The Morgan fingerprint density at radius 1 is 1.29 bits per heavy atom. The smallest absolute Gasteiger partial charge is 0.313 e. The lowest BCUT2D eigenvalue weighted by atomic mass is 9.87. The number of hydrogen-bond donors (Lipinski definition) is 1. The first-order chi connectivity index (χ1) is 7.87. The molecule has 0 radical (unpaired) electrons. The van der Waals surface area contributed by atoms with Gasteiger partial charge < -0.3 is 5.32 Å². The number of likely N-dealkylation sites (N-methyl/N-ethyl adjacent to an activating group) is 1. The van der Waals surface area contributed by atoms with E-state index in [1.54, 1.807) is 0 Å². The fourth-order valence-electron chi connectivity index (χ4n) is 2.46. The fourth-order valence-corrected chi connectivity index (χ4v) is 2.46. The Bertz CT molecular complexity index is 218. The standard InChI is InChI=1S/C12H23F3N2/c1-10-4-3-5-11(8-10)16-6-7-17(2)9-12(13,14)15/h10-11,16H,3-9H2,1-2H3. The molecule has 0 aromatic carbocycles. The topological polar surface area (TPSA) is 15.3 Å². The fraction of sp³-hybridized carbons (Fsp3) is 1.00. The van der Waals surface area contributed by atoms with E-state index in [1.165, 1.54) is 24.8 Å². The van der Waals surface area contributed by atoms with Gasteiger partial charge in [0.2, 0.25) is 0 Å². The molecule has 0 spiro atoms. The van der Waals surface area contributed by atoms with E-state index in [4.69, 9.17) is 0 Å². The molecule has 0 aromatic rings. The van der Waals surface area contributed by atoms with Crippen molar-refractivity contribution in [2.45, 2.75) is 44.8 Å². The number of halogens is 3. The van der Waals surface area contributed by atoms with Crippen LogP contribution in [0.4, 0.5) is 13.2 Å². The lowest BCUT2D eigenvalue weighted by Gasteiger charge is -2.28. The Hall–Kier alpha value is -0.290. The molecule has 0 amide bonds. The summed E-state index contributed by atoms with van der Waals surface area (Å²) < 4.78 is 36.2. The van der Waals surface area contributed by atoms with E-state index in [2.05, 4.69) is 12.2 Å². The summed E-state index contributed by atoms with van der Waals surface area (Å²) in [6, 6.07) is 0.498. The van der Waals surface area contributed by atoms with Crippen LogP contribution in [0.1, 0.15) is 32.6 Å². The van der Waals surface area contributed by atoms with Crippen LogP contribution in [0.15, 0.2) is 0 Å². The molecular weight excluding hydrogens is 229 g/mol. The maximum absolute atomic E-state index is 12.1. The SMILES string of the molecule is CC1CCCC(NCCN(C)CC(F)(F)F)C1.